The topological polar surface area (TPSA) is 139 Å². The Kier molecular flexibility index (Phi) is 5.59. The molecule has 2 heterocycles. The molecule has 0 aliphatic rings. The number of pyridine rings is 1. The molecule has 5 N–H and O–H groups in total. The summed E-state index contributed by atoms with van der Waals surface area (Å²) in [5, 5.41) is 20.2. The Morgan fingerprint density at radius 1 is 1.03 bits per heavy atom. The van der Waals surface area contributed by atoms with Crippen LogP contribution in [0, 0.1) is 13.8 Å². The molecule has 0 radical (unpaired) electrons. The number of methoxy groups -OCH3 is 1. The molecule has 0 amide bonds. The van der Waals surface area contributed by atoms with E-state index in [4.69, 9.17) is 20.7 Å². The zero-order valence-corrected chi connectivity index (χ0v) is 16.7. The van der Waals surface area contributed by atoms with E-state index < -0.39 is 11.9 Å². The van der Waals surface area contributed by atoms with Crippen LogP contribution in [0.2, 0.25) is 0 Å². The molecular weight excluding hydrogens is 386 g/mol. The van der Waals surface area contributed by atoms with Crippen LogP contribution in [-0.2, 0) is 9.59 Å². The lowest BCUT2D eigenvalue weighted by Gasteiger charge is -2.10. The number of anilines is 1. The van der Waals surface area contributed by atoms with Crippen LogP contribution in [0.5, 0.6) is 5.75 Å². The Morgan fingerprint density at radius 3 is 2.30 bits per heavy atom. The number of rotatable bonds is 3. The highest BCUT2D eigenvalue weighted by Gasteiger charge is 2.16. The standard InChI is InChI=1S/C18H17N3O.C4H4O4/c1-9-12-6-7-20-18(19)16(12)10(2)15-13-8-11(22-3)4-5-14(13)21-17(9)15;5-3(6)1-2-4(7)8/h4-8,21H,1-3H3,(H2,19,20);1-2H,(H,5,6)(H,7,8). The van der Waals surface area contributed by atoms with Crippen LogP contribution in [0.25, 0.3) is 32.6 Å². The van der Waals surface area contributed by atoms with Gasteiger partial charge in [-0.15, -0.1) is 0 Å². The van der Waals surface area contributed by atoms with Crippen LogP contribution in [0.1, 0.15) is 11.1 Å². The molecule has 2 aromatic heterocycles. The number of nitrogens with zero attached hydrogens (tertiary/aromatic N) is 1. The van der Waals surface area contributed by atoms with Crippen molar-refractivity contribution in [2.45, 2.75) is 13.8 Å². The van der Waals surface area contributed by atoms with Crippen molar-refractivity contribution in [1.29, 1.82) is 0 Å². The summed E-state index contributed by atoms with van der Waals surface area (Å²) in [5.74, 6) is -1.08. The molecule has 0 saturated heterocycles. The monoisotopic (exact) mass is 407 g/mol. The van der Waals surface area contributed by atoms with Gasteiger partial charge in [-0.05, 0) is 54.6 Å². The van der Waals surface area contributed by atoms with Crippen molar-refractivity contribution in [1.82, 2.24) is 9.97 Å². The quantitative estimate of drug-likeness (QED) is 0.379. The summed E-state index contributed by atoms with van der Waals surface area (Å²) < 4.78 is 5.37. The number of H-pyrrole nitrogens is 1. The second-order valence-corrected chi connectivity index (χ2v) is 6.67. The molecule has 0 unspecified atom stereocenters. The molecule has 8 heteroatoms. The highest BCUT2D eigenvalue weighted by molar-refractivity contribution is 6.18. The number of aliphatic carboxylic acids is 2. The molecule has 0 aliphatic heterocycles. The largest absolute Gasteiger partial charge is 0.497 e. The van der Waals surface area contributed by atoms with Gasteiger partial charge in [0.15, 0.2) is 0 Å². The van der Waals surface area contributed by atoms with Gasteiger partial charge >= 0.3 is 11.9 Å². The Morgan fingerprint density at radius 2 is 1.70 bits per heavy atom. The van der Waals surface area contributed by atoms with Crippen LogP contribution < -0.4 is 10.5 Å². The van der Waals surface area contributed by atoms with Gasteiger partial charge in [-0.2, -0.15) is 0 Å². The van der Waals surface area contributed by atoms with Gasteiger partial charge in [-0.25, -0.2) is 14.6 Å². The fraction of sp³-hybridized carbons (Fsp3) is 0.136. The molecule has 4 aromatic rings. The predicted octanol–water partition coefficient (Wildman–Crippen LogP) is 3.79. The number of hydrogen-bond acceptors (Lipinski definition) is 5. The summed E-state index contributed by atoms with van der Waals surface area (Å²) in [6.07, 6.45) is 2.88. The summed E-state index contributed by atoms with van der Waals surface area (Å²) in [6, 6.07) is 8.12. The maximum absolute atomic E-state index is 9.55. The number of fused-ring (bicyclic) bond motifs is 4. The SMILES string of the molecule is COc1ccc2[nH]c3c(C)c4ccnc(N)c4c(C)c3c2c1.O=C(O)C=CC(=O)O. The second kappa shape index (κ2) is 8.12. The summed E-state index contributed by atoms with van der Waals surface area (Å²) in [6.45, 7) is 4.23. The van der Waals surface area contributed by atoms with E-state index in [9.17, 15) is 9.59 Å². The number of nitrogens with two attached hydrogens (primary N) is 1. The fourth-order valence-electron chi connectivity index (χ4n) is 3.56. The van der Waals surface area contributed by atoms with Crippen molar-refractivity contribution in [3.63, 3.8) is 0 Å². The first kappa shape index (κ1) is 20.7. The minimum absolute atomic E-state index is 0.558. The van der Waals surface area contributed by atoms with Crippen LogP contribution >= 0.6 is 0 Å². The van der Waals surface area contributed by atoms with E-state index >= 15 is 0 Å². The maximum Gasteiger partial charge on any atom is 0.328 e. The molecule has 154 valence electrons. The van der Waals surface area contributed by atoms with Gasteiger partial charge in [0.1, 0.15) is 11.6 Å². The molecule has 8 nitrogen and oxygen atoms in total. The second-order valence-electron chi connectivity index (χ2n) is 6.67. The van der Waals surface area contributed by atoms with Crippen LogP contribution in [-0.4, -0.2) is 39.2 Å². The normalized spacial score (nSPS) is 11.0. The highest BCUT2D eigenvalue weighted by atomic mass is 16.5. The number of hydrogen-bond donors (Lipinski definition) is 4. The molecule has 2 aromatic carbocycles. The van der Waals surface area contributed by atoms with Crippen LogP contribution in [0.3, 0.4) is 0 Å². The van der Waals surface area contributed by atoms with Gasteiger partial charge < -0.3 is 25.7 Å². The molecule has 0 bridgehead atoms. The van der Waals surface area contributed by atoms with Crippen molar-refractivity contribution in [2.24, 2.45) is 0 Å². The smallest absolute Gasteiger partial charge is 0.328 e. The van der Waals surface area contributed by atoms with Crippen molar-refractivity contribution < 1.29 is 24.5 Å². The summed E-state index contributed by atoms with van der Waals surface area (Å²) >= 11 is 0. The van der Waals surface area contributed by atoms with Crippen molar-refractivity contribution >= 4 is 50.3 Å². The van der Waals surface area contributed by atoms with Gasteiger partial charge in [0.2, 0.25) is 0 Å². The number of aromatic nitrogens is 2. The van der Waals surface area contributed by atoms with E-state index in [2.05, 4.69) is 35.9 Å². The molecule has 0 aliphatic carbocycles. The minimum Gasteiger partial charge on any atom is -0.497 e. The third kappa shape index (κ3) is 3.75. The Hall–Kier alpha value is -4.07. The van der Waals surface area contributed by atoms with Crippen LogP contribution in [0.4, 0.5) is 5.82 Å². The number of nitrogens with one attached hydrogen (secondary N) is 1. The molecule has 0 saturated carbocycles. The number of carbonyl (C=O) groups is 2. The molecular formula is C22H21N3O5. The van der Waals surface area contributed by atoms with E-state index in [1.165, 1.54) is 10.9 Å². The average molecular weight is 407 g/mol. The number of carboxylic acid groups (broad SMARTS) is 2. The number of aryl methyl sites for hydroxylation is 2. The molecule has 0 spiro atoms. The fourth-order valence-corrected chi connectivity index (χ4v) is 3.56. The van der Waals surface area contributed by atoms with E-state index in [0.717, 1.165) is 38.5 Å². The Balaban J connectivity index is 0.000000275. The van der Waals surface area contributed by atoms with E-state index in [0.29, 0.717) is 18.0 Å². The highest BCUT2D eigenvalue weighted by Crippen LogP contribution is 2.38. The maximum atomic E-state index is 9.55. The van der Waals surface area contributed by atoms with Gasteiger partial charge in [0.25, 0.3) is 0 Å². The number of aromatic amines is 1. The molecule has 4 rings (SSSR count). The number of carboxylic acids is 2. The number of ether oxygens (including phenoxy) is 1. The lowest BCUT2D eigenvalue weighted by Crippen LogP contribution is -1.95. The third-order valence-electron chi connectivity index (χ3n) is 4.88. The minimum atomic E-state index is -1.26. The summed E-state index contributed by atoms with van der Waals surface area (Å²) in [4.78, 5) is 26.9. The van der Waals surface area contributed by atoms with Gasteiger partial charge in [-0.1, -0.05) is 0 Å². The first-order valence-electron chi connectivity index (χ1n) is 9.01. The van der Waals surface area contributed by atoms with Crippen molar-refractivity contribution in [3.8, 4) is 5.75 Å². The number of nitrogen functional groups attached to an aromatic ring is 1. The van der Waals surface area contributed by atoms with E-state index in [1.54, 1.807) is 13.3 Å². The molecule has 0 fully saturated rings. The van der Waals surface area contributed by atoms with Gasteiger partial charge in [0.05, 0.1) is 12.6 Å². The van der Waals surface area contributed by atoms with Crippen molar-refractivity contribution in [2.75, 3.05) is 12.8 Å². The molecule has 0 atom stereocenters. The zero-order chi connectivity index (χ0) is 22.0. The lowest BCUT2D eigenvalue weighted by atomic mass is 9.96. The Bertz CT molecular complexity index is 1310. The predicted molar refractivity (Wildman–Crippen MR) is 116 cm³/mol. The summed E-state index contributed by atoms with van der Waals surface area (Å²) in [5.41, 5.74) is 10.7. The number of benzene rings is 2. The van der Waals surface area contributed by atoms with Gasteiger partial charge in [-0.3, -0.25) is 0 Å². The van der Waals surface area contributed by atoms with E-state index in [-0.39, 0.29) is 0 Å². The lowest BCUT2D eigenvalue weighted by molar-refractivity contribution is -0.134. The van der Waals surface area contributed by atoms with E-state index in [1.807, 2.05) is 12.1 Å². The first-order chi connectivity index (χ1) is 14.2. The third-order valence-corrected chi connectivity index (χ3v) is 4.88. The van der Waals surface area contributed by atoms with Crippen molar-refractivity contribution in [3.05, 3.63) is 53.7 Å². The first-order valence-corrected chi connectivity index (χ1v) is 9.01. The zero-order valence-electron chi connectivity index (χ0n) is 16.7. The van der Waals surface area contributed by atoms with Crippen LogP contribution in [0.15, 0.2) is 42.6 Å². The Labute approximate surface area is 171 Å². The van der Waals surface area contributed by atoms with Gasteiger partial charge in [0, 0.05) is 40.0 Å². The average Bonchev–Trinajstić information content (AvgIpc) is 3.10. The molecule has 30 heavy (non-hydrogen) atoms. The summed E-state index contributed by atoms with van der Waals surface area (Å²) in [7, 11) is 1.69.